The monoisotopic (exact) mass is 458 g/mol. The second kappa shape index (κ2) is 8.96. The highest BCUT2D eigenvalue weighted by molar-refractivity contribution is 5.89. The van der Waals surface area contributed by atoms with Gasteiger partial charge in [-0.3, -0.25) is 9.59 Å². The average molecular weight is 459 g/mol. The summed E-state index contributed by atoms with van der Waals surface area (Å²) in [6, 6.07) is -2.49. The predicted octanol–water partition coefficient (Wildman–Crippen LogP) is 1.38. The van der Waals surface area contributed by atoms with Crippen LogP contribution < -0.4 is 0 Å². The molecule has 2 fully saturated rings. The Morgan fingerprint density at radius 3 is 1.88 bits per heavy atom. The molecule has 0 aromatic carbocycles. The van der Waals surface area contributed by atoms with Gasteiger partial charge in [0, 0.05) is 29.2 Å². The van der Waals surface area contributed by atoms with E-state index >= 15 is 0 Å². The number of carboxylic acids is 2. The van der Waals surface area contributed by atoms with Crippen LogP contribution in [-0.2, 0) is 19.2 Å². The van der Waals surface area contributed by atoms with Crippen molar-refractivity contribution in [2.45, 2.75) is 78.7 Å². The summed E-state index contributed by atoms with van der Waals surface area (Å²) < 4.78 is 14.2. The summed E-state index contributed by atoms with van der Waals surface area (Å²) in [4.78, 5) is 51.7. The lowest BCUT2D eigenvalue weighted by Gasteiger charge is -2.34. The summed E-state index contributed by atoms with van der Waals surface area (Å²) in [6.45, 7) is 9.24. The van der Waals surface area contributed by atoms with Crippen molar-refractivity contribution in [1.29, 1.82) is 0 Å². The zero-order chi connectivity index (χ0) is 24.8. The fraction of sp³-hybridized carbons (Fsp3) is 0.818. The van der Waals surface area contributed by atoms with Crippen molar-refractivity contribution in [3.8, 4) is 0 Å². The molecule has 2 heterocycles. The Hall–Kier alpha value is -2.23. The molecular weight excluding hydrogens is 423 g/mol. The quantitative estimate of drug-likeness (QED) is 0.547. The first-order chi connectivity index (χ1) is 14.5. The molecule has 2 aliphatic heterocycles. The molecule has 2 aliphatic rings. The first-order valence-electron chi connectivity index (χ1n) is 10.9. The van der Waals surface area contributed by atoms with Crippen LogP contribution in [0.1, 0.15) is 54.4 Å². The molecule has 0 spiro atoms. The van der Waals surface area contributed by atoms with Crippen molar-refractivity contribution < 1.29 is 38.9 Å². The molecule has 3 N–H and O–H groups in total. The maximum absolute atomic E-state index is 14.2. The van der Waals surface area contributed by atoms with E-state index < -0.39 is 64.9 Å². The van der Waals surface area contributed by atoms with Gasteiger partial charge in [0.15, 0.2) is 0 Å². The van der Waals surface area contributed by atoms with Crippen LogP contribution in [0.3, 0.4) is 0 Å². The molecule has 32 heavy (non-hydrogen) atoms. The van der Waals surface area contributed by atoms with Gasteiger partial charge >= 0.3 is 11.9 Å². The van der Waals surface area contributed by atoms with Crippen LogP contribution >= 0.6 is 0 Å². The molecule has 2 amide bonds. The molecule has 0 saturated carbocycles. The third kappa shape index (κ3) is 4.89. The van der Waals surface area contributed by atoms with Gasteiger partial charge in [-0.25, -0.2) is 14.0 Å². The molecule has 0 aliphatic carbocycles. The van der Waals surface area contributed by atoms with Gasteiger partial charge in [-0.2, -0.15) is 0 Å². The fourth-order valence-electron chi connectivity index (χ4n) is 4.74. The van der Waals surface area contributed by atoms with Gasteiger partial charge in [0.2, 0.25) is 11.8 Å². The summed E-state index contributed by atoms with van der Waals surface area (Å²) in [5, 5.41) is 29.8. The molecular formula is C22H35FN2O7. The van der Waals surface area contributed by atoms with E-state index in [9.17, 15) is 38.9 Å². The summed E-state index contributed by atoms with van der Waals surface area (Å²) >= 11 is 0. The highest BCUT2D eigenvalue weighted by Crippen LogP contribution is 2.38. The Balaban J connectivity index is 2.18. The van der Waals surface area contributed by atoms with Crippen molar-refractivity contribution >= 4 is 23.8 Å². The molecule has 2 rings (SSSR count). The zero-order valence-electron chi connectivity index (χ0n) is 19.5. The van der Waals surface area contributed by atoms with E-state index in [0.29, 0.717) is 0 Å². The minimum atomic E-state index is -1.44. The number of carbonyl (C=O) groups excluding carboxylic acids is 2. The van der Waals surface area contributed by atoms with Crippen LogP contribution in [0.15, 0.2) is 0 Å². The first kappa shape index (κ1) is 26.0. The number of hydrogen-bond donors (Lipinski definition) is 3. The average Bonchev–Trinajstić information content (AvgIpc) is 3.14. The van der Waals surface area contributed by atoms with Gasteiger partial charge in [-0.05, 0) is 12.8 Å². The Kier molecular flexibility index (Phi) is 7.28. The summed E-state index contributed by atoms with van der Waals surface area (Å²) in [7, 11) is 0. The number of carboxylic acid groups (broad SMARTS) is 2. The van der Waals surface area contributed by atoms with E-state index in [1.807, 2.05) is 0 Å². The van der Waals surface area contributed by atoms with E-state index in [-0.39, 0.29) is 31.8 Å². The lowest BCUT2D eigenvalue weighted by atomic mass is 9.80. The minimum absolute atomic E-state index is 0.111. The number of rotatable bonds is 6. The number of likely N-dealkylation sites (tertiary alicyclic amines) is 2. The number of aliphatic carboxylic acids is 2. The summed E-state index contributed by atoms with van der Waals surface area (Å²) in [5.74, 6) is -5.03. The number of carbonyl (C=O) groups is 4. The minimum Gasteiger partial charge on any atom is -0.480 e. The van der Waals surface area contributed by atoms with Crippen molar-refractivity contribution in [1.82, 2.24) is 9.80 Å². The number of hydrogen-bond acceptors (Lipinski definition) is 5. The highest BCUT2D eigenvalue weighted by Gasteiger charge is 2.51. The lowest BCUT2D eigenvalue weighted by molar-refractivity contribution is -0.154. The van der Waals surface area contributed by atoms with Crippen LogP contribution in [0.5, 0.6) is 0 Å². The van der Waals surface area contributed by atoms with Crippen LogP contribution in [0, 0.1) is 22.7 Å². The SMILES string of the molecule is CC1[C@@H](C(=O)O)N(C(=O)C(C)(C)CCC2[C@H](O)CN(C(=O)C(C)(C)C)[C@@H]2C(=O)O)C[C@@H]1F. The third-order valence-corrected chi connectivity index (χ3v) is 6.75. The number of alkyl halides is 1. The molecule has 2 saturated heterocycles. The van der Waals surface area contributed by atoms with Crippen LogP contribution in [-0.4, -0.2) is 86.3 Å². The molecule has 0 aromatic rings. The molecule has 9 nitrogen and oxygen atoms in total. The van der Waals surface area contributed by atoms with E-state index in [2.05, 4.69) is 0 Å². The van der Waals surface area contributed by atoms with Crippen LogP contribution in [0.2, 0.25) is 0 Å². The van der Waals surface area contributed by atoms with Crippen LogP contribution in [0.25, 0.3) is 0 Å². The second-order valence-electron chi connectivity index (χ2n) is 10.8. The second-order valence-corrected chi connectivity index (χ2v) is 10.8. The zero-order valence-corrected chi connectivity index (χ0v) is 19.5. The molecule has 6 atom stereocenters. The standard InChI is InChI=1S/C22H35FN2O7/c1-11-13(23)9-24(15(11)17(27)28)20(32)22(5,6)8-7-12-14(26)10-25(16(12)18(29)30)19(31)21(2,3)4/h11-16,26H,7-10H2,1-6H3,(H,27,28)(H,29,30)/t11?,12?,13-,14+,15-,16-/m0/s1. The van der Waals surface area contributed by atoms with Gasteiger partial charge in [0.1, 0.15) is 18.3 Å². The maximum Gasteiger partial charge on any atom is 0.326 e. The topological polar surface area (TPSA) is 135 Å². The Morgan fingerprint density at radius 2 is 1.41 bits per heavy atom. The molecule has 0 bridgehead atoms. The highest BCUT2D eigenvalue weighted by atomic mass is 19.1. The van der Waals surface area contributed by atoms with Crippen LogP contribution in [0.4, 0.5) is 4.39 Å². The third-order valence-electron chi connectivity index (χ3n) is 6.75. The summed E-state index contributed by atoms with van der Waals surface area (Å²) in [5.41, 5.74) is -1.93. The number of nitrogens with zero attached hydrogens (tertiary/aromatic N) is 2. The predicted molar refractivity (Wildman–Crippen MR) is 112 cm³/mol. The lowest BCUT2D eigenvalue weighted by Crippen LogP contribution is -2.49. The maximum atomic E-state index is 14.2. The van der Waals surface area contributed by atoms with Crippen molar-refractivity contribution in [3.63, 3.8) is 0 Å². The fourth-order valence-corrected chi connectivity index (χ4v) is 4.74. The Bertz CT molecular complexity index is 779. The smallest absolute Gasteiger partial charge is 0.326 e. The van der Waals surface area contributed by atoms with E-state index in [0.717, 1.165) is 4.90 Å². The Morgan fingerprint density at radius 1 is 0.906 bits per heavy atom. The molecule has 10 heteroatoms. The van der Waals surface area contributed by atoms with Gasteiger partial charge < -0.3 is 25.1 Å². The summed E-state index contributed by atoms with van der Waals surface area (Å²) in [6.07, 6.45) is -2.24. The molecule has 0 radical (unpaired) electrons. The van der Waals surface area contributed by atoms with E-state index in [1.165, 1.54) is 11.8 Å². The largest absolute Gasteiger partial charge is 0.480 e. The number of halogens is 1. The molecule has 2 unspecified atom stereocenters. The number of β-amino-alcohol motifs (C(OH)–C–C–N with tert-alkyl or cyclic N) is 1. The van der Waals surface area contributed by atoms with Crippen molar-refractivity contribution in [3.05, 3.63) is 0 Å². The van der Waals surface area contributed by atoms with Crippen molar-refractivity contribution in [2.75, 3.05) is 13.1 Å². The van der Waals surface area contributed by atoms with E-state index in [4.69, 9.17) is 0 Å². The van der Waals surface area contributed by atoms with Gasteiger partial charge in [0.25, 0.3) is 0 Å². The molecule has 0 aromatic heterocycles. The van der Waals surface area contributed by atoms with Gasteiger partial charge in [-0.15, -0.1) is 0 Å². The van der Waals surface area contributed by atoms with Gasteiger partial charge in [0.05, 0.1) is 12.6 Å². The van der Waals surface area contributed by atoms with Crippen molar-refractivity contribution in [2.24, 2.45) is 22.7 Å². The molecule has 182 valence electrons. The number of amides is 2. The first-order valence-corrected chi connectivity index (χ1v) is 10.9. The normalized spacial score (nSPS) is 31.1. The van der Waals surface area contributed by atoms with Gasteiger partial charge in [-0.1, -0.05) is 41.5 Å². The van der Waals surface area contributed by atoms with E-state index in [1.54, 1.807) is 34.6 Å². The number of aliphatic hydroxyl groups excluding tert-OH is 1. The number of aliphatic hydroxyl groups is 1. The Labute approximate surface area is 187 Å².